The van der Waals surface area contributed by atoms with Crippen LogP contribution in [0, 0.1) is 11.3 Å². The number of hydrogen-bond acceptors (Lipinski definition) is 4. The van der Waals surface area contributed by atoms with E-state index in [0.29, 0.717) is 29.0 Å². The Morgan fingerprint density at radius 2 is 2.24 bits per heavy atom. The molecule has 0 saturated heterocycles. The van der Waals surface area contributed by atoms with Gasteiger partial charge in [-0.1, -0.05) is 30.7 Å². The van der Waals surface area contributed by atoms with Gasteiger partial charge in [-0.15, -0.1) is 0 Å². The van der Waals surface area contributed by atoms with Gasteiger partial charge >= 0.3 is 6.09 Å². The summed E-state index contributed by atoms with van der Waals surface area (Å²) in [7, 11) is 0. The van der Waals surface area contributed by atoms with Crippen molar-refractivity contribution < 1.29 is 9.90 Å². The van der Waals surface area contributed by atoms with Gasteiger partial charge in [-0.3, -0.25) is 4.90 Å². The highest BCUT2D eigenvalue weighted by Crippen LogP contribution is 2.24. The molecule has 0 aliphatic carbocycles. The minimum absolute atomic E-state index is 0.0572. The van der Waals surface area contributed by atoms with Crippen molar-refractivity contribution in [3.63, 3.8) is 0 Å². The number of benzene rings is 1. The van der Waals surface area contributed by atoms with Crippen LogP contribution in [0.3, 0.4) is 0 Å². The molecule has 0 aliphatic rings. The predicted molar refractivity (Wildman–Crippen MR) is 92.7 cm³/mol. The first kappa shape index (κ1) is 16.7. The van der Waals surface area contributed by atoms with Crippen molar-refractivity contribution in [1.82, 2.24) is 14.6 Å². The van der Waals surface area contributed by atoms with E-state index in [4.69, 9.17) is 16.9 Å². The van der Waals surface area contributed by atoms with Crippen LogP contribution in [0.5, 0.6) is 0 Å². The lowest BCUT2D eigenvalue weighted by atomic mass is 10.1. The molecule has 0 atom stereocenters. The lowest BCUT2D eigenvalue weighted by Crippen LogP contribution is -2.30. The molecule has 2 aromatic heterocycles. The number of aryl methyl sites for hydroxylation is 1. The summed E-state index contributed by atoms with van der Waals surface area (Å²) in [6.45, 7) is 2.02. The molecule has 7 nitrogen and oxygen atoms in total. The third kappa shape index (κ3) is 3.25. The molecule has 3 aromatic rings. The van der Waals surface area contributed by atoms with Crippen LogP contribution in [0.4, 0.5) is 10.6 Å². The van der Waals surface area contributed by atoms with Crippen molar-refractivity contribution in [2.45, 2.75) is 19.9 Å². The lowest BCUT2D eigenvalue weighted by Gasteiger charge is -2.20. The van der Waals surface area contributed by atoms with Crippen LogP contribution in [0.1, 0.15) is 23.6 Å². The van der Waals surface area contributed by atoms with E-state index >= 15 is 0 Å². The zero-order chi connectivity index (χ0) is 18.0. The molecule has 2 heterocycles. The van der Waals surface area contributed by atoms with Gasteiger partial charge in [-0.05, 0) is 24.1 Å². The smallest absolute Gasteiger partial charge is 0.413 e. The monoisotopic (exact) mass is 355 g/mol. The third-order valence-electron chi connectivity index (χ3n) is 3.78. The summed E-state index contributed by atoms with van der Waals surface area (Å²) in [5.41, 5.74) is 2.56. The van der Waals surface area contributed by atoms with Crippen LogP contribution in [-0.2, 0) is 13.0 Å². The third-order valence-corrected chi connectivity index (χ3v) is 3.97. The molecule has 126 valence electrons. The van der Waals surface area contributed by atoms with Crippen LogP contribution in [0.2, 0.25) is 5.15 Å². The highest BCUT2D eigenvalue weighted by molar-refractivity contribution is 6.29. The minimum atomic E-state index is -1.15. The molecule has 0 saturated carbocycles. The van der Waals surface area contributed by atoms with Crippen molar-refractivity contribution >= 4 is 29.2 Å². The number of fused-ring (bicyclic) bond motifs is 1. The van der Waals surface area contributed by atoms with Crippen LogP contribution in [0.25, 0.3) is 5.65 Å². The number of nitriles is 1. The normalized spacial score (nSPS) is 10.6. The van der Waals surface area contributed by atoms with Crippen LogP contribution in [0.15, 0.2) is 36.5 Å². The summed E-state index contributed by atoms with van der Waals surface area (Å²) in [6.07, 6.45) is 1.20. The summed E-state index contributed by atoms with van der Waals surface area (Å²) in [5.74, 6) is 0.296. The second kappa shape index (κ2) is 6.79. The number of carbonyl (C=O) groups is 1. The summed E-state index contributed by atoms with van der Waals surface area (Å²) in [4.78, 5) is 17.2. The number of aromatic nitrogens is 3. The van der Waals surface area contributed by atoms with Gasteiger partial charge in [0.2, 0.25) is 0 Å². The number of halogens is 1. The van der Waals surface area contributed by atoms with Crippen LogP contribution in [-0.4, -0.2) is 25.8 Å². The second-order valence-electron chi connectivity index (χ2n) is 5.38. The van der Waals surface area contributed by atoms with E-state index in [1.807, 2.05) is 13.0 Å². The van der Waals surface area contributed by atoms with E-state index in [-0.39, 0.29) is 11.7 Å². The molecule has 25 heavy (non-hydrogen) atoms. The van der Waals surface area contributed by atoms with E-state index in [0.717, 1.165) is 10.5 Å². The number of nitrogens with zero attached hydrogens (tertiary/aromatic N) is 5. The van der Waals surface area contributed by atoms with E-state index in [1.54, 1.807) is 30.5 Å². The molecule has 0 aliphatic heterocycles. The average molecular weight is 356 g/mol. The standard InChI is InChI=1S/C17H14ClN5O2/c1-2-13-9-20-23-15(7-14(18)21-16(13)23)22(17(24)25)10-12-5-3-4-11(6-12)8-19/h3-7,9H,2,10H2,1H3,(H,24,25). The largest absolute Gasteiger partial charge is 0.465 e. The Labute approximate surface area is 148 Å². The molecular formula is C17H14ClN5O2. The SMILES string of the molecule is CCc1cnn2c(N(Cc3cccc(C#N)c3)C(=O)O)cc(Cl)nc12. The van der Waals surface area contributed by atoms with Crippen molar-refractivity contribution in [2.24, 2.45) is 0 Å². The van der Waals surface area contributed by atoms with Gasteiger partial charge in [0, 0.05) is 11.6 Å². The zero-order valence-electron chi connectivity index (χ0n) is 13.3. The van der Waals surface area contributed by atoms with Gasteiger partial charge in [0.15, 0.2) is 5.65 Å². The van der Waals surface area contributed by atoms with Crippen molar-refractivity contribution in [2.75, 3.05) is 4.90 Å². The predicted octanol–water partition coefficient (Wildman–Crippen LogP) is 3.50. The zero-order valence-corrected chi connectivity index (χ0v) is 14.1. The molecule has 3 rings (SSSR count). The fourth-order valence-electron chi connectivity index (χ4n) is 2.57. The molecule has 8 heteroatoms. The fourth-order valence-corrected chi connectivity index (χ4v) is 2.75. The highest BCUT2D eigenvalue weighted by atomic mass is 35.5. The van der Waals surface area contributed by atoms with Gasteiger partial charge < -0.3 is 5.11 Å². The second-order valence-corrected chi connectivity index (χ2v) is 5.76. The summed E-state index contributed by atoms with van der Waals surface area (Å²) in [6, 6.07) is 10.3. The highest BCUT2D eigenvalue weighted by Gasteiger charge is 2.21. The molecule has 1 N–H and O–H groups in total. The van der Waals surface area contributed by atoms with E-state index in [1.165, 1.54) is 10.6 Å². The lowest BCUT2D eigenvalue weighted by molar-refractivity contribution is 0.201. The Morgan fingerprint density at radius 3 is 2.92 bits per heavy atom. The Kier molecular flexibility index (Phi) is 4.55. The van der Waals surface area contributed by atoms with Gasteiger partial charge in [0.1, 0.15) is 11.0 Å². The average Bonchev–Trinajstić information content (AvgIpc) is 3.01. The van der Waals surface area contributed by atoms with Crippen molar-refractivity contribution in [1.29, 1.82) is 5.26 Å². The number of rotatable bonds is 4. The summed E-state index contributed by atoms with van der Waals surface area (Å²) >= 11 is 6.09. The maximum absolute atomic E-state index is 11.8. The molecule has 0 bridgehead atoms. The molecule has 0 spiro atoms. The number of carboxylic acid groups (broad SMARTS) is 1. The maximum Gasteiger partial charge on any atom is 0.413 e. The molecule has 1 amide bonds. The first-order valence-electron chi connectivity index (χ1n) is 7.56. The van der Waals surface area contributed by atoms with Crippen molar-refractivity contribution in [3.05, 3.63) is 58.4 Å². The molecule has 0 fully saturated rings. The van der Waals surface area contributed by atoms with Crippen molar-refractivity contribution in [3.8, 4) is 6.07 Å². The Balaban J connectivity index is 2.10. The Bertz CT molecular complexity index is 992. The number of amides is 1. The fraction of sp³-hybridized carbons (Fsp3) is 0.176. The summed E-state index contributed by atoms with van der Waals surface area (Å²) < 4.78 is 1.47. The number of anilines is 1. The summed E-state index contributed by atoms with van der Waals surface area (Å²) in [5, 5.41) is 23.1. The van der Waals surface area contributed by atoms with E-state index in [9.17, 15) is 9.90 Å². The minimum Gasteiger partial charge on any atom is -0.465 e. The first-order chi connectivity index (χ1) is 12.0. The maximum atomic E-state index is 11.8. The van der Waals surface area contributed by atoms with Crippen LogP contribution >= 0.6 is 11.6 Å². The van der Waals surface area contributed by atoms with Gasteiger partial charge in [-0.2, -0.15) is 14.9 Å². The van der Waals surface area contributed by atoms with Gasteiger partial charge in [0.25, 0.3) is 0 Å². The number of hydrogen-bond donors (Lipinski definition) is 1. The van der Waals surface area contributed by atoms with E-state index < -0.39 is 6.09 Å². The molecule has 1 aromatic carbocycles. The Hall–Kier alpha value is -3.11. The molecular weight excluding hydrogens is 342 g/mol. The molecule has 0 unspecified atom stereocenters. The van der Waals surface area contributed by atoms with Crippen LogP contribution < -0.4 is 4.90 Å². The van der Waals surface area contributed by atoms with Gasteiger partial charge in [0.05, 0.1) is 24.4 Å². The Morgan fingerprint density at radius 1 is 1.44 bits per heavy atom. The van der Waals surface area contributed by atoms with E-state index in [2.05, 4.69) is 10.1 Å². The first-order valence-corrected chi connectivity index (χ1v) is 7.94. The topological polar surface area (TPSA) is 94.5 Å². The van der Waals surface area contributed by atoms with Gasteiger partial charge in [-0.25, -0.2) is 9.78 Å². The quantitative estimate of drug-likeness (QED) is 0.723. The molecule has 0 radical (unpaired) electrons.